The maximum absolute atomic E-state index is 12.8. The lowest BCUT2D eigenvalue weighted by Gasteiger charge is -2.12. The monoisotopic (exact) mass is 332 g/mol. The van der Waals surface area contributed by atoms with E-state index in [0.717, 1.165) is 21.4 Å². The molecule has 0 saturated heterocycles. The van der Waals surface area contributed by atoms with E-state index in [4.69, 9.17) is 10.2 Å². The summed E-state index contributed by atoms with van der Waals surface area (Å²) >= 11 is 0. The van der Waals surface area contributed by atoms with Gasteiger partial charge >= 0.3 is 0 Å². The SMILES string of the molecule is Cc1cc(C)c2c(N)c(N3C(=O)C=C(c4ccccc4)C3=O)oc2c1. The first-order valence-corrected chi connectivity index (χ1v) is 7.92. The van der Waals surface area contributed by atoms with Gasteiger partial charge in [0.1, 0.15) is 11.3 Å². The van der Waals surface area contributed by atoms with Gasteiger partial charge in [0.25, 0.3) is 11.8 Å². The van der Waals surface area contributed by atoms with Gasteiger partial charge in [0, 0.05) is 11.5 Å². The third-order valence-electron chi connectivity index (χ3n) is 4.36. The van der Waals surface area contributed by atoms with E-state index in [0.29, 0.717) is 22.4 Å². The Hall–Kier alpha value is -3.34. The van der Waals surface area contributed by atoms with Gasteiger partial charge in [-0.05, 0) is 36.6 Å². The Morgan fingerprint density at radius 1 is 1.04 bits per heavy atom. The molecule has 0 atom stereocenters. The number of hydrogen-bond donors (Lipinski definition) is 1. The van der Waals surface area contributed by atoms with E-state index >= 15 is 0 Å². The van der Waals surface area contributed by atoms with Crippen molar-refractivity contribution in [1.29, 1.82) is 0 Å². The first kappa shape index (κ1) is 15.2. The average Bonchev–Trinajstić information content (AvgIpc) is 3.05. The van der Waals surface area contributed by atoms with Gasteiger partial charge in [-0.15, -0.1) is 0 Å². The predicted molar refractivity (Wildman–Crippen MR) is 97.0 cm³/mol. The molecule has 0 spiro atoms. The minimum Gasteiger partial charge on any atom is -0.437 e. The van der Waals surface area contributed by atoms with Crippen LogP contribution in [0.2, 0.25) is 0 Å². The van der Waals surface area contributed by atoms with Gasteiger partial charge in [0.15, 0.2) is 0 Å². The van der Waals surface area contributed by atoms with Crippen LogP contribution in [0.15, 0.2) is 53.0 Å². The molecule has 4 rings (SSSR count). The molecule has 1 aliphatic heterocycles. The topological polar surface area (TPSA) is 76.5 Å². The number of anilines is 2. The molecule has 2 heterocycles. The second-order valence-electron chi connectivity index (χ2n) is 6.18. The summed E-state index contributed by atoms with van der Waals surface area (Å²) in [6.07, 6.45) is 1.32. The van der Waals surface area contributed by atoms with Gasteiger partial charge in [-0.25, -0.2) is 4.90 Å². The molecule has 2 amide bonds. The number of benzene rings is 2. The molecule has 2 N–H and O–H groups in total. The molecule has 0 saturated carbocycles. The third-order valence-corrected chi connectivity index (χ3v) is 4.36. The Labute approximate surface area is 144 Å². The molecule has 5 heteroatoms. The fraction of sp³-hybridized carbons (Fsp3) is 0.100. The summed E-state index contributed by atoms with van der Waals surface area (Å²) in [7, 11) is 0. The Bertz CT molecular complexity index is 1060. The number of hydrogen-bond acceptors (Lipinski definition) is 4. The molecular weight excluding hydrogens is 316 g/mol. The summed E-state index contributed by atoms with van der Waals surface area (Å²) in [5.41, 5.74) is 10.1. The summed E-state index contributed by atoms with van der Waals surface area (Å²) in [5.74, 6) is -0.804. The van der Waals surface area contributed by atoms with E-state index in [2.05, 4.69) is 0 Å². The lowest BCUT2D eigenvalue weighted by molar-refractivity contribution is -0.119. The van der Waals surface area contributed by atoms with Crippen molar-refractivity contribution in [3.05, 3.63) is 65.2 Å². The van der Waals surface area contributed by atoms with Crippen molar-refractivity contribution < 1.29 is 14.0 Å². The standard InChI is InChI=1S/C20H16N2O3/c1-11-8-12(2)17-15(9-11)25-20(18(17)21)22-16(23)10-14(19(22)24)13-6-4-3-5-7-13/h3-10H,21H2,1-2H3. The molecular formula is C20H16N2O3. The Balaban J connectivity index is 1.83. The number of amides is 2. The van der Waals surface area contributed by atoms with E-state index < -0.39 is 11.8 Å². The zero-order valence-corrected chi connectivity index (χ0v) is 13.9. The normalized spacial score (nSPS) is 14.5. The van der Waals surface area contributed by atoms with Gasteiger partial charge in [-0.2, -0.15) is 0 Å². The van der Waals surface area contributed by atoms with Crippen molar-refractivity contribution in [3.63, 3.8) is 0 Å². The number of nitrogen functional groups attached to an aromatic ring is 1. The van der Waals surface area contributed by atoms with Crippen LogP contribution >= 0.6 is 0 Å². The zero-order chi connectivity index (χ0) is 17.7. The second kappa shape index (κ2) is 5.34. The van der Waals surface area contributed by atoms with Crippen molar-refractivity contribution in [2.24, 2.45) is 0 Å². The number of rotatable bonds is 2. The van der Waals surface area contributed by atoms with Crippen molar-refractivity contribution >= 4 is 39.9 Å². The highest BCUT2D eigenvalue weighted by molar-refractivity contribution is 6.44. The first-order valence-electron chi connectivity index (χ1n) is 7.92. The lowest BCUT2D eigenvalue weighted by Crippen LogP contribution is -2.30. The maximum atomic E-state index is 12.8. The first-order chi connectivity index (χ1) is 12.0. The van der Waals surface area contributed by atoms with Crippen molar-refractivity contribution in [1.82, 2.24) is 0 Å². The highest BCUT2D eigenvalue weighted by atomic mass is 16.4. The van der Waals surface area contributed by atoms with E-state index in [9.17, 15) is 9.59 Å². The van der Waals surface area contributed by atoms with Gasteiger partial charge in [0.05, 0.1) is 5.57 Å². The van der Waals surface area contributed by atoms with Crippen LogP contribution < -0.4 is 10.6 Å². The largest absolute Gasteiger partial charge is 0.437 e. The Kier molecular flexibility index (Phi) is 3.25. The molecule has 2 aromatic carbocycles. The molecule has 0 fully saturated rings. The summed E-state index contributed by atoms with van der Waals surface area (Å²) in [6, 6.07) is 12.9. The molecule has 25 heavy (non-hydrogen) atoms. The van der Waals surface area contributed by atoms with E-state index in [-0.39, 0.29) is 5.88 Å². The van der Waals surface area contributed by atoms with Crippen LogP contribution in [0, 0.1) is 13.8 Å². The predicted octanol–water partition coefficient (Wildman–Crippen LogP) is 3.59. The molecule has 5 nitrogen and oxygen atoms in total. The average molecular weight is 332 g/mol. The number of aryl methyl sites for hydroxylation is 2. The quantitative estimate of drug-likeness (QED) is 0.728. The van der Waals surface area contributed by atoms with Crippen LogP contribution in [-0.2, 0) is 9.59 Å². The minimum absolute atomic E-state index is 0.0841. The number of nitrogens with two attached hydrogens (primary N) is 1. The van der Waals surface area contributed by atoms with Crippen LogP contribution in [0.5, 0.6) is 0 Å². The molecule has 124 valence electrons. The molecule has 3 aromatic rings. The zero-order valence-electron chi connectivity index (χ0n) is 13.9. The van der Waals surface area contributed by atoms with Gasteiger partial charge < -0.3 is 10.2 Å². The number of furan rings is 1. The molecule has 1 aromatic heterocycles. The number of carbonyl (C=O) groups is 2. The summed E-state index contributed by atoms with van der Waals surface area (Å²) in [6.45, 7) is 3.87. The molecule has 0 radical (unpaired) electrons. The molecule has 1 aliphatic rings. The van der Waals surface area contributed by atoms with Gasteiger partial charge in [0.2, 0.25) is 5.88 Å². The maximum Gasteiger partial charge on any atom is 0.268 e. The molecule has 0 aliphatic carbocycles. The van der Waals surface area contributed by atoms with Gasteiger partial charge in [-0.3, -0.25) is 9.59 Å². The smallest absolute Gasteiger partial charge is 0.268 e. The number of imide groups is 1. The van der Waals surface area contributed by atoms with Crippen LogP contribution in [0.25, 0.3) is 16.5 Å². The van der Waals surface area contributed by atoms with Crippen LogP contribution in [0.3, 0.4) is 0 Å². The van der Waals surface area contributed by atoms with E-state index in [1.807, 2.05) is 44.2 Å². The Morgan fingerprint density at radius 3 is 2.48 bits per heavy atom. The van der Waals surface area contributed by atoms with Crippen LogP contribution in [0.1, 0.15) is 16.7 Å². The van der Waals surface area contributed by atoms with Crippen LogP contribution in [-0.4, -0.2) is 11.8 Å². The summed E-state index contributed by atoms with van der Waals surface area (Å²) in [5, 5.41) is 0.731. The van der Waals surface area contributed by atoms with Crippen molar-refractivity contribution in [2.75, 3.05) is 10.6 Å². The Morgan fingerprint density at radius 2 is 1.76 bits per heavy atom. The second-order valence-corrected chi connectivity index (χ2v) is 6.18. The number of nitrogens with zero attached hydrogens (tertiary/aromatic N) is 1. The highest BCUT2D eigenvalue weighted by Crippen LogP contribution is 2.40. The third kappa shape index (κ3) is 2.24. The van der Waals surface area contributed by atoms with Crippen molar-refractivity contribution in [2.45, 2.75) is 13.8 Å². The van der Waals surface area contributed by atoms with Crippen LogP contribution in [0.4, 0.5) is 11.6 Å². The molecule has 0 unspecified atom stereocenters. The van der Waals surface area contributed by atoms with E-state index in [1.54, 1.807) is 12.1 Å². The molecule has 0 bridgehead atoms. The van der Waals surface area contributed by atoms with E-state index in [1.165, 1.54) is 6.08 Å². The number of carbonyl (C=O) groups excluding carboxylic acids is 2. The van der Waals surface area contributed by atoms with Gasteiger partial charge in [-0.1, -0.05) is 36.4 Å². The highest BCUT2D eigenvalue weighted by Gasteiger charge is 2.37. The fourth-order valence-corrected chi connectivity index (χ4v) is 3.27. The minimum atomic E-state index is -0.455. The number of fused-ring (bicyclic) bond motifs is 1. The lowest BCUT2D eigenvalue weighted by atomic mass is 10.1. The van der Waals surface area contributed by atoms with Crippen molar-refractivity contribution in [3.8, 4) is 0 Å². The fourth-order valence-electron chi connectivity index (χ4n) is 3.27. The summed E-state index contributed by atoms with van der Waals surface area (Å²) < 4.78 is 5.80. The summed E-state index contributed by atoms with van der Waals surface area (Å²) in [4.78, 5) is 26.3.